The fourth-order valence-electron chi connectivity index (χ4n) is 2.80. The molecule has 6 heteroatoms. The zero-order chi connectivity index (χ0) is 18.1. The van der Waals surface area contributed by atoms with Gasteiger partial charge in [0.05, 0.1) is 19.8 Å². The maximum atomic E-state index is 12.1. The number of ether oxygens (including phenoxy) is 2. The molecule has 0 saturated carbocycles. The van der Waals surface area contributed by atoms with E-state index in [1.165, 1.54) is 0 Å². The van der Waals surface area contributed by atoms with E-state index in [0.717, 1.165) is 37.4 Å². The topological polar surface area (TPSA) is 62.8 Å². The number of hydrogen-bond donors (Lipinski definition) is 2. The lowest BCUT2D eigenvalue weighted by molar-refractivity contribution is -0.00874. The molecule has 1 aromatic carbocycles. The Labute approximate surface area is 150 Å². The number of hydrogen-bond acceptors (Lipinski definition) is 4. The molecule has 1 fully saturated rings. The second-order valence-electron chi connectivity index (χ2n) is 6.90. The number of amides is 2. The van der Waals surface area contributed by atoms with Crippen LogP contribution in [0.2, 0.25) is 0 Å². The van der Waals surface area contributed by atoms with Crippen molar-refractivity contribution in [1.82, 2.24) is 15.5 Å². The summed E-state index contributed by atoms with van der Waals surface area (Å²) < 4.78 is 10.8. The van der Waals surface area contributed by atoms with Gasteiger partial charge in [-0.3, -0.25) is 4.90 Å². The number of carbonyl (C=O) groups is 1. The largest absolute Gasteiger partial charge is 0.379 e. The van der Waals surface area contributed by atoms with Crippen LogP contribution in [0.1, 0.15) is 31.9 Å². The van der Waals surface area contributed by atoms with Crippen molar-refractivity contribution < 1.29 is 14.3 Å². The Hall–Kier alpha value is -1.63. The molecule has 0 aliphatic carbocycles. The summed E-state index contributed by atoms with van der Waals surface area (Å²) in [6.07, 6.45) is 0. The molecular weight excluding hydrogens is 318 g/mol. The Kier molecular flexibility index (Phi) is 7.68. The molecule has 0 atom stereocenters. The third-order valence-corrected chi connectivity index (χ3v) is 4.50. The van der Waals surface area contributed by atoms with Crippen molar-refractivity contribution in [2.24, 2.45) is 0 Å². The van der Waals surface area contributed by atoms with E-state index in [0.29, 0.717) is 26.3 Å². The van der Waals surface area contributed by atoms with Crippen LogP contribution >= 0.6 is 0 Å². The van der Waals surface area contributed by atoms with Crippen molar-refractivity contribution in [1.29, 1.82) is 0 Å². The molecule has 1 aromatic rings. The number of morpholine rings is 1. The summed E-state index contributed by atoms with van der Waals surface area (Å²) >= 11 is 0. The standard InChI is InChI=1S/C19H31N3O3/c1-4-24-14-17-7-5-16(6-8-17)13-20-18(23)21-15-19(2,3)22-9-11-25-12-10-22/h5-8H,4,9-15H2,1-3H3,(H2,20,21,23). The minimum atomic E-state index is -0.139. The molecule has 2 N–H and O–H groups in total. The quantitative estimate of drug-likeness (QED) is 0.755. The average Bonchev–Trinajstić information content (AvgIpc) is 2.64. The summed E-state index contributed by atoms with van der Waals surface area (Å²) in [4.78, 5) is 14.4. The Balaban J connectivity index is 1.71. The van der Waals surface area contributed by atoms with E-state index >= 15 is 0 Å². The van der Waals surface area contributed by atoms with Gasteiger partial charge in [0.25, 0.3) is 0 Å². The molecule has 1 saturated heterocycles. The molecule has 2 amide bonds. The first-order valence-electron chi connectivity index (χ1n) is 9.01. The fourth-order valence-corrected chi connectivity index (χ4v) is 2.80. The van der Waals surface area contributed by atoms with Crippen LogP contribution in [0.25, 0.3) is 0 Å². The normalized spacial score (nSPS) is 15.8. The first-order chi connectivity index (χ1) is 12.0. The zero-order valence-corrected chi connectivity index (χ0v) is 15.6. The maximum absolute atomic E-state index is 12.1. The number of carbonyl (C=O) groups excluding carboxylic acids is 1. The molecular formula is C19H31N3O3. The van der Waals surface area contributed by atoms with Crippen LogP contribution in [0, 0.1) is 0 Å². The molecule has 6 nitrogen and oxygen atoms in total. The van der Waals surface area contributed by atoms with Crippen LogP contribution in [-0.2, 0) is 22.6 Å². The van der Waals surface area contributed by atoms with Gasteiger partial charge in [0.1, 0.15) is 0 Å². The lowest BCUT2D eigenvalue weighted by atomic mass is 10.0. The van der Waals surface area contributed by atoms with Crippen molar-refractivity contribution in [3.05, 3.63) is 35.4 Å². The number of urea groups is 1. The third-order valence-electron chi connectivity index (χ3n) is 4.50. The van der Waals surface area contributed by atoms with Gasteiger partial charge in [0.2, 0.25) is 0 Å². The van der Waals surface area contributed by atoms with E-state index in [9.17, 15) is 4.79 Å². The Morgan fingerprint density at radius 2 is 1.80 bits per heavy atom. The predicted octanol–water partition coefficient (Wildman–Crippen LogP) is 2.13. The summed E-state index contributed by atoms with van der Waals surface area (Å²) in [5, 5.41) is 5.89. The monoisotopic (exact) mass is 349 g/mol. The number of nitrogens with one attached hydrogen (secondary N) is 2. The van der Waals surface area contributed by atoms with Crippen molar-refractivity contribution in [2.75, 3.05) is 39.5 Å². The van der Waals surface area contributed by atoms with Crippen molar-refractivity contribution in [3.8, 4) is 0 Å². The number of benzene rings is 1. The predicted molar refractivity (Wildman–Crippen MR) is 98.5 cm³/mol. The molecule has 0 bridgehead atoms. The SMILES string of the molecule is CCOCc1ccc(CNC(=O)NCC(C)(C)N2CCOCC2)cc1. The lowest BCUT2D eigenvalue weighted by Crippen LogP contribution is -2.56. The van der Waals surface area contributed by atoms with Gasteiger partial charge < -0.3 is 20.1 Å². The van der Waals surface area contributed by atoms with Crippen molar-refractivity contribution in [2.45, 2.75) is 39.5 Å². The molecule has 25 heavy (non-hydrogen) atoms. The fraction of sp³-hybridized carbons (Fsp3) is 0.632. The Bertz CT molecular complexity index is 525. The second kappa shape index (κ2) is 9.75. The van der Waals surface area contributed by atoms with Gasteiger partial charge in [-0.2, -0.15) is 0 Å². The smallest absolute Gasteiger partial charge is 0.315 e. The Morgan fingerprint density at radius 1 is 1.16 bits per heavy atom. The van der Waals surface area contributed by atoms with Crippen LogP contribution in [0.5, 0.6) is 0 Å². The van der Waals surface area contributed by atoms with E-state index in [2.05, 4.69) is 29.4 Å². The minimum Gasteiger partial charge on any atom is -0.379 e. The highest BCUT2D eigenvalue weighted by Crippen LogP contribution is 2.15. The molecule has 0 spiro atoms. The highest BCUT2D eigenvalue weighted by Gasteiger charge is 2.28. The van der Waals surface area contributed by atoms with Crippen LogP contribution in [0.15, 0.2) is 24.3 Å². The maximum Gasteiger partial charge on any atom is 0.315 e. The summed E-state index contributed by atoms with van der Waals surface area (Å²) in [5.74, 6) is 0. The van der Waals surface area contributed by atoms with Crippen LogP contribution < -0.4 is 10.6 Å². The van der Waals surface area contributed by atoms with E-state index in [1.54, 1.807) is 0 Å². The zero-order valence-electron chi connectivity index (χ0n) is 15.6. The van der Waals surface area contributed by atoms with Gasteiger partial charge in [-0.15, -0.1) is 0 Å². The average molecular weight is 349 g/mol. The van der Waals surface area contributed by atoms with E-state index in [-0.39, 0.29) is 11.6 Å². The molecule has 140 valence electrons. The summed E-state index contributed by atoms with van der Waals surface area (Å²) in [6, 6.07) is 7.97. The van der Waals surface area contributed by atoms with Crippen LogP contribution in [-0.4, -0.2) is 55.9 Å². The van der Waals surface area contributed by atoms with E-state index < -0.39 is 0 Å². The van der Waals surface area contributed by atoms with Gasteiger partial charge in [-0.1, -0.05) is 24.3 Å². The molecule has 2 rings (SSSR count). The summed E-state index contributed by atoms with van der Waals surface area (Å²) in [7, 11) is 0. The van der Waals surface area contributed by atoms with Gasteiger partial charge in [0.15, 0.2) is 0 Å². The first-order valence-corrected chi connectivity index (χ1v) is 9.01. The highest BCUT2D eigenvalue weighted by molar-refractivity contribution is 5.73. The van der Waals surface area contributed by atoms with Crippen LogP contribution in [0.4, 0.5) is 4.79 Å². The molecule has 0 radical (unpaired) electrons. The highest BCUT2D eigenvalue weighted by atomic mass is 16.5. The number of rotatable bonds is 8. The summed E-state index contributed by atoms with van der Waals surface area (Å²) in [6.45, 7) is 12.1. The van der Waals surface area contributed by atoms with Crippen molar-refractivity contribution >= 4 is 6.03 Å². The Morgan fingerprint density at radius 3 is 2.44 bits per heavy atom. The molecule has 0 aromatic heterocycles. The van der Waals surface area contributed by atoms with Crippen LogP contribution in [0.3, 0.4) is 0 Å². The van der Waals surface area contributed by atoms with Gasteiger partial charge in [-0.25, -0.2) is 4.79 Å². The molecule has 1 aliphatic rings. The molecule has 1 heterocycles. The van der Waals surface area contributed by atoms with Gasteiger partial charge in [0, 0.05) is 38.3 Å². The van der Waals surface area contributed by atoms with E-state index in [4.69, 9.17) is 9.47 Å². The van der Waals surface area contributed by atoms with Gasteiger partial charge >= 0.3 is 6.03 Å². The lowest BCUT2D eigenvalue weighted by Gasteiger charge is -2.40. The van der Waals surface area contributed by atoms with Crippen molar-refractivity contribution in [3.63, 3.8) is 0 Å². The number of nitrogens with zero attached hydrogens (tertiary/aromatic N) is 1. The second-order valence-corrected chi connectivity index (χ2v) is 6.90. The summed E-state index contributed by atoms with van der Waals surface area (Å²) in [5.41, 5.74) is 2.13. The first kappa shape index (κ1) is 19.7. The van der Waals surface area contributed by atoms with Gasteiger partial charge in [-0.05, 0) is 31.9 Å². The molecule has 1 aliphatic heterocycles. The minimum absolute atomic E-state index is 0.0813. The third kappa shape index (κ3) is 6.65. The molecule has 0 unspecified atom stereocenters. The van der Waals surface area contributed by atoms with E-state index in [1.807, 2.05) is 31.2 Å².